The van der Waals surface area contributed by atoms with Gasteiger partial charge in [0.05, 0.1) is 29.7 Å². The highest BCUT2D eigenvalue weighted by Crippen LogP contribution is 2.37. The van der Waals surface area contributed by atoms with E-state index in [1.54, 1.807) is 48.6 Å². The van der Waals surface area contributed by atoms with E-state index in [4.69, 9.17) is 21.4 Å². The summed E-state index contributed by atoms with van der Waals surface area (Å²) in [7, 11) is 1.56. The Kier molecular flexibility index (Phi) is 6.04. The van der Waals surface area contributed by atoms with Gasteiger partial charge in [-0.1, -0.05) is 18.5 Å². The number of anilines is 2. The quantitative estimate of drug-likeness (QED) is 0.409. The van der Waals surface area contributed by atoms with Crippen LogP contribution < -0.4 is 10.1 Å². The number of ether oxygens (including phenoxy) is 1. The first-order valence-corrected chi connectivity index (χ1v) is 10.2. The molecule has 0 fully saturated rings. The first-order chi connectivity index (χ1) is 15.5. The molecule has 3 heterocycles. The molecule has 0 aliphatic heterocycles. The zero-order valence-electron chi connectivity index (χ0n) is 17.4. The lowest BCUT2D eigenvalue weighted by Gasteiger charge is -2.14. The molecule has 162 valence electrons. The van der Waals surface area contributed by atoms with Crippen molar-refractivity contribution in [2.24, 2.45) is 0 Å². The van der Waals surface area contributed by atoms with Gasteiger partial charge in [0.2, 0.25) is 5.88 Å². The first kappa shape index (κ1) is 21.3. The number of carboxylic acids is 1. The summed E-state index contributed by atoms with van der Waals surface area (Å²) in [6.45, 7) is 2.01. The Labute approximate surface area is 189 Å². The number of nitrogens with zero attached hydrogens (tertiary/aromatic N) is 4. The number of carboxylic acid groups (broad SMARTS) is 1. The van der Waals surface area contributed by atoms with Gasteiger partial charge in [-0.3, -0.25) is 4.98 Å². The summed E-state index contributed by atoms with van der Waals surface area (Å²) in [5.41, 5.74) is 3.67. The van der Waals surface area contributed by atoms with Crippen LogP contribution >= 0.6 is 11.6 Å². The van der Waals surface area contributed by atoms with Gasteiger partial charge in [-0.05, 0) is 42.8 Å². The molecule has 0 spiro atoms. The zero-order valence-corrected chi connectivity index (χ0v) is 18.2. The van der Waals surface area contributed by atoms with E-state index in [-0.39, 0.29) is 5.56 Å². The van der Waals surface area contributed by atoms with Crippen LogP contribution in [0.5, 0.6) is 5.88 Å². The Balaban J connectivity index is 1.94. The molecule has 0 amide bonds. The van der Waals surface area contributed by atoms with E-state index in [0.717, 1.165) is 22.5 Å². The first-order valence-electron chi connectivity index (χ1n) is 9.84. The van der Waals surface area contributed by atoms with Gasteiger partial charge >= 0.3 is 5.97 Å². The van der Waals surface area contributed by atoms with Gasteiger partial charge in [0.1, 0.15) is 5.82 Å². The van der Waals surface area contributed by atoms with Crippen LogP contribution in [0.3, 0.4) is 0 Å². The number of aromatic carboxylic acids is 1. The van der Waals surface area contributed by atoms with Crippen molar-refractivity contribution in [3.63, 3.8) is 0 Å². The van der Waals surface area contributed by atoms with Crippen LogP contribution in [0.2, 0.25) is 5.02 Å². The summed E-state index contributed by atoms with van der Waals surface area (Å²) in [4.78, 5) is 20.3. The number of nitrogens with one attached hydrogen (secondary N) is 1. The number of hydrogen-bond acceptors (Lipinski definition) is 6. The molecule has 8 nitrogen and oxygen atoms in total. The molecule has 0 aliphatic carbocycles. The molecule has 32 heavy (non-hydrogen) atoms. The number of benzene rings is 1. The van der Waals surface area contributed by atoms with Crippen molar-refractivity contribution in [3.8, 4) is 22.7 Å². The predicted molar refractivity (Wildman–Crippen MR) is 122 cm³/mol. The third-order valence-corrected chi connectivity index (χ3v) is 5.13. The minimum Gasteiger partial charge on any atom is -0.481 e. The highest BCUT2D eigenvalue weighted by molar-refractivity contribution is 6.31. The number of carbonyl (C=O) groups is 1. The van der Waals surface area contributed by atoms with Crippen LogP contribution in [0.4, 0.5) is 11.5 Å². The molecule has 4 rings (SSSR count). The molecule has 0 radical (unpaired) electrons. The topological polar surface area (TPSA) is 102 Å². The van der Waals surface area contributed by atoms with E-state index in [2.05, 4.69) is 15.3 Å². The fraction of sp³-hybridized carbons (Fsp3) is 0.130. The minimum atomic E-state index is -1.09. The summed E-state index contributed by atoms with van der Waals surface area (Å²) in [6.07, 6.45) is 5.70. The van der Waals surface area contributed by atoms with Crippen LogP contribution in [0.15, 0.2) is 61.1 Å². The molecule has 1 aromatic carbocycles. The highest BCUT2D eigenvalue weighted by Gasteiger charge is 2.22. The molecule has 0 atom stereocenters. The number of aromatic nitrogens is 4. The Morgan fingerprint density at radius 2 is 1.97 bits per heavy atom. The Morgan fingerprint density at radius 1 is 1.19 bits per heavy atom. The van der Waals surface area contributed by atoms with Gasteiger partial charge < -0.3 is 15.2 Å². The summed E-state index contributed by atoms with van der Waals surface area (Å²) in [5.74, 6) is 0.00638. The van der Waals surface area contributed by atoms with E-state index in [9.17, 15) is 9.90 Å². The predicted octanol–water partition coefficient (Wildman–Crippen LogP) is 5.00. The largest absolute Gasteiger partial charge is 0.481 e. The van der Waals surface area contributed by atoms with Crippen molar-refractivity contribution in [1.82, 2.24) is 19.7 Å². The van der Waals surface area contributed by atoms with Crippen LogP contribution in [-0.4, -0.2) is 37.9 Å². The lowest BCUT2D eigenvalue weighted by Crippen LogP contribution is -2.07. The molecule has 0 aliphatic rings. The van der Waals surface area contributed by atoms with Crippen LogP contribution in [0.1, 0.15) is 23.0 Å². The van der Waals surface area contributed by atoms with Gasteiger partial charge in [0.15, 0.2) is 0 Å². The smallest absolute Gasteiger partial charge is 0.337 e. The van der Waals surface area contributed by atoms with E-state index in [0.29, 0.717) is 28.8 Å². The molecule has 9 heteroatoms. The van der Waals surface area contributed by atoms with Crippen molar-refractivity contribution in [3.05, 3.63) is 77.3 Å². The Hall–Kier alpha value is -3.91. The minimum absolute atomic E-state index is 0.0526. The molecule has 0 unspecified atom stereocenters. The summed E-state index contributed by atoms with van der Waals surface area (Å²) in [5, 5.41) is 18.1. The van der Waals surface area contributed by atoms with Crippen molar-refractivity contribution >= 4 is 29.1 Å². The molecule has 2 N–H and O–H groups in total. The third-order valence-electron chi connectivity index (χ3n) is 4.90. The number of aryl methyl sites for hydroxylation is 1. The van der Waals surface area contributed by atoms with Crippen molar-refractivity contribution in [2.45, 2.75) is 13.3 Å². The van der Waals surface area contributed by atoms with Crippen molar-refractivity contribution in [2.75, 3.05) is 12.4 Å². The maximum absolute atomic E-state index is 11.9. The van der Waals surface area contributed by atoms with Crippen molar-refractivity contribution in [1.29, 1.82) is 0 Å². The average molecular weight is 450 g/mol. The lowest BCUT2D eigenvalue weighted by molar-refractivity contribution is 0.0698. The van der Waals surface area contributed by atoms with E-state index in [1.165, 1.54) is 6.07 Å². The van der Waals surface area contributed by atoms with Gasteiger partial charge in [0, 0.05) is 40.8 Å². The van der Waals surface area contributed by atoms with Crippen LogP contribution in [0.25, 0.3) is 16.8 Å². The second kappa shape index (κ2) is 9.07. The third kappa shape index (κ3) is 4.13. The Morgan fingerprint density at radius 3 is 2.59 bits per heavy atom. The lowest BCUT2D eigenvalue weighted by atomic mass is 10.1. The molecule has 0 saturated heterocycles. The second-order valence-corrected chi connectivity index (χ2v) is 7.29. The zero-order chi connectivity index (χ0) is 22.7. The van der Waals surface area contributed by atoms with E-state index in [1.807, 2.05) is 25.1 Å². The summed E-state index contributed by atoms with van der Waals surface area (Å²) >= 11 is 6.04. The van der Waals surface area contributed by atoms with Gasteiger partial charge in [-0.15, -0.1) is 0 Å². The van der Waals surface area contributed by atoms with Crippen LogP contribution in [0, 0.1) is 0 Å². The summed E-state index contributed by atoms with van der Waals surface area (Å²) < 4.78 is 6.92. The fourth-order valence-corrected chi connectivity index (χ4v) is 3.55. The van der Waals surface area contributed by atoms with Gasteiger partial charge in [-0.2, -0.15) is 5.10 Å². The van der Waals surface area contributed by atoms with Crippen molar-refractivity contribution < 1.29 is 14.6 Å². The Bertz CT molecular complexity index is 1260. The number of hydrogen-bond donors (Lipinski definition) is 2. The normalized spacial score (nSPS) is 10.7. The molecule has 4 aromatic rings. The molecule has 0 saturated carbocycles. The molecular weight excluding hydrogens is 430 g/mol. The fourth-order valence-electron chi connectivity index (χ4n) is 3.38. The molecule has 0 bridgehead atoms. The van der Waals surface area contributed by atoms with Gasteiger partial charge in [-0.25, -0.2) is 14.5 Å². The average Bonchev–Trinajstić information content (AvgIpc) is 3.19. The van der Waals surface area contributed by atoms with Crippen LogP contribution in [-0.2, 0) is 6.42 Å². The molecule has 3 aromatic heterocycles. The molecular formula is C23H20ClN5O3. The van der Waals surface area contributed by atoms with E-state index >= 15 is 0 Å². The monoisotopic (exact) mass is 449 g/mol. The maximum atomic E-state index is 11.9. The SMILES string of the molecule is CCc1nn(-c2ccncc2)c(Nc2ccc(Cl)cc2C(=O)O)c1-c1ccc(OC)nc1. The number of rotatable bonds is 7. The highest BCUT2D eigenvalue weighted by atomic mass is 35.5. The number of halogens is 1. The van der Waals surface area contributed by atoms with Gasteiger partial charge in [0.25, 0.3) is 0 Å². The number of pyridine rings is 2. The maximum Gasteiger partial charge on any atom is 0.337 e. The summed E-state index contributed by atoms with van der Waals surface area (Å²) in [6, 6.07) is 12.0. The van der Waals surface area contributed by atoms with E-state index < -0.39 is 5.97 Å². The number of methoxy groups -OCH3 is 1. The standard InChI is InChI=1S/C23H20ClN5O3/c1-3-18-21(14-4-7-20(32-2)26-13-14)22(29(28-18)16-8-10-25-11-9-16)27-19-6-5-15(24)12-17(19)23(30)31/h4-13,27H,3H2,1-2H3,(H,30,31). The second-order valence-electron chi connectivity index (χ2n) is 6.85.